The molecule has 0 saturated heterocycles. The van der Waals surface area contributed by atoms with Crippen LogP contribution >= 0.6 is 0 Å². The van der Waals surface area contributed by atoms with Crippen LogP contribution in [0.3, 0.4) is 0 Å². The lowest BCUT2D eigenvalue weighted by atomic mass is 9.80. The number of amides is 1. The molecule has 0 aromatic heterocycles. The maximum absolute atomic E-state index is 11.9. The van der Waals surface area contributed by atoms with Crippen LogP contribution in [0.25, 0.3) is 0 Å². The first-order chi connectivity index (χ1) is 9.58. The van der Waals surface area contributed by atoms with Gasteiger partial charge in [-0.05, 0) is 50.3 Å². The summed E-state index contributed by atoms with van der Waals surface area (Å²) < 4.78 is 5.49. The first-order valence-electron chi connectivity index (χ1n) is 7.28. The van der Waals surface area contributed by atoms with Crippen LogP contribution in [0.2, 0.25) is 0 Å². The quantitative estimate of drug-likeness (QED) is 0.840. The third kappa shape index (κ3) is 4.05. The van der Waals surface area contributed by atoms with Crippen LogP contribution in [0.1, 0.15) is 44.8 Å². The third-order valence-electron chi connectivity index (χ3n) is 3.75. The molecule has 1 saturated carbocycles. The zero-order valence-corrected chi connectivity index (χ0v) is 12.1. The topological polar surface area (TPSA) is 58.6 Å². The van der Waals surface area contributed by atoms with Crippen molar-refractivity contribution >= 4 is 11.6 Å². The van der Waals surface area contributed by atoms with E-state index in [1.54, 1.807) is 6.92 Å². The van der Waals surface area contributed by atoms with Crippen molar-refractivity contribution in [2.45, 2.75) is 45.3 Å². The molecule has 110 valence electrons. The smallest absolute Gasteiger partial charge is 0.224 e. The predicted molar refractivity (Wildman–Crippen MR) is 78.5 cm³/mol. The van der Waals surface area contributed by atoms with E-state index in [0.717, 1.165) is 30.7 Å². The largest absolute Gasteiger partial charge is 0.389 e. The molecular formula is C16H23NO3. The Morgan fingerprint density at radius 2 is 2.05 bits per heavy atom. The number of hydrogen-bond acceptors (Lipinski definition) is 3. The highest BCUT2D eigenvalue weighted by Crippen LogP contribution is 2.32. The van der Waals surface area contributed by atoms with Gasteiger partial charge >= 0.3 is 0 Å². The number of ether oxygens (including phenoxy) is 1. The zero-order valence-electron chi connectivity index (χ0n) is 12.1. The Labute approximate surface area is 120 Å². The minimum absolute atomic E-state index is 0.0507. The number of aliphatic hydroxyl groups is 1. The fraction of sp³-hybridized carbons (Fsp3) is 0.562. The SMILES string of the molecule is CCOC1CC(CC(=O)Nc2ccc(C(C)O)cc2)C1. The molecule has 1 aliphatic rings. The Kier molecular flexibility index (Phi) is 5.15. The molecule has 2 rings (SSSR count). The van der Waals surface area contributed by atoms with E-state index in [-0.39, 0.29) is 5.91 Å². The normalized spacial score (nSPS) is 22.9. The van der Waals surface area contributed by atoms with Gasteiger partial charge in [-0.25, -0.2) is 0 Å². The first kappa shape index (κ1) is 15.0. The van der Waals surface area contributed by atoms with Crippen molar-refractivity contribution < 1.29 is 14.6 Å². The second kappa shape index (κ2) is 6.86. The van der Waals surface area contributed by atoms with E-state index < -0.39 is 6.10 Å². The fourth-order valence-corrected chi connectivity index (χ4v) is 2.53. The maximum atomic E-state index is 11.9. The fourth-order valence-electron chi connectivity index (χ4n) is 2.53. The van der Waals surface area contributed by atoms with E-state index in [1.807, 2.05) is 31.2 Å². The van der Waals surface area contributed by atoms with Gasteiger partial charge in [-0.2, -0.15) is 0 Å². The van der Waals surface area contributed by atoms with E-state index in [2.05, 4.69) is 5.32 Å². The van der Waals surface area contributed by atoms with Crippen molar-refractivity contribution in [3.8, 4) is 0 Å². The lowest BCUT2D eigenvalue weighted by Crippen LogP contribution is -2.33. The van der Waals surface area contributed by atoms with Crippen LogP contribution in [0.5, 0.6) is 0 Å². The lowest BCUT2D eigenvalue weighted by Gasteiger charge is -2.34. The molecule has 1 fully saturated rings. The van der Waals surface area contributed by atoms with Crippen molar-refractivity contribution in [3.63, 3.8) is 0 Å². The Morgan fingerprint density at radius 1 is 1.40 bits per heavy atom. The minimum Gasteiger partial charge on any atom is -0.389 e. The van der Waals surface area contributed by atoms with Crippen LogP contribution < -0.4 is 5.32 Å². The molecule has 1 atom stereocenters. The molecule has 1 aromatic carbocycles. The van der Waals surface area contributed by atoms with E-state index >= 15 is 0 Å². The highest BCUT2D eigenvalue weighted by molar-refractivity contribution is 5.90. The summed E-state index contributed by atoms with van der Waals surface area (Å²) in [7, 11) is 0. The summed E-state index contributed by atoms with van der Waals surface area (Å²) in [5.74, 6) is 0.498. The van der Waals surface area contributed by atoms with E-state index in [4.69, 9.17) is 4.74 Å². The van der Waals surface area contributed by atoms with Gasteiger partial charge in [0.05, 0.1) is 12.2 Å². The van der Waals surface area contributed by atoms with Gasteiger partial charge in [-0.1, -0.05) is 12.1 Å². The Hall–Kier alpha value is -1.39. The van der Waals surface area contributed by atoms with Gasteiger partial charge in [0, 0.05) is 18.7 Å². The van der Waals surface area contributed by atoms with E-state index in [1.165, 1.54) is 0 Å². The van der Waals surface area contributed by atoms with Gasteiger partial charge < -0.3 is 15.2 Å². The molecule has 1 unspecified atom stereocenters. The molecule has 0 spiro atoms. The van der Waals surface area contributed by atoms with Gasteiger partial charge in [0.2, 0.25) is 5.91 Å². The van der Waals surface area contributed by atoms with Crippen LogP contribution in [0.15, 0.2) is 24.3 Å². The van der Waals surface area contributed by atoms with Gasteiger partial charge in [0.25, 0.3) is 0 Å². The molecule has 0 radical (unpaired) electrons. The highest BCUT2D eigenvalue weighted by Gasteiger charge is 2.30. The predicted octanol–water partition coefficient (Wildman–Crippen LogP) is 2.88. The molecule has 0 heterocycles. The van der Waals surface area contributed by atoms with Crippen LogP contribution in [0.4, 0.5) is 5.69 Å². The summed E-state index contributed by atoms with van der Waals surface area (Å²) in [5.41, 5.74) is 1.63. The van der Waals surface area contributed by atoms with Crippen LogP contribution in [0, 0.1) is 5.92 Å². The molecule has 20 heavy (non-hydrogen) atoms. The summed E-state index contributed by atoms with van der Waals surface area (Å²) in [6.45, 7) is 4.47. The summed E-state index contributed by atoms with van der Waals surface area (Å²) in [6, 6.07) is 7.30. The average Bonchev–Trinajstić information content (AvgIpc) is 2.37. The molecule has 2 N–H and O–H groups in total. The van der Waals surface area contributed by atoms with Crippen molar-refractivity contribution in [1.29, 1.82) is 0 Å². The lowest BCUT2D eigenvalue weighted by molar-refractivity contribution is -0.119. The monoisotopic (exact) mass is 277 g/mol. The van der Waals surface area contributed by atoms with E-state index in [0.29, 0.717) is 18.4 Å². The number of aliphatic hydroxyl groups excluding tert-OH is 1. The van der Waals surface area contributed by atoms with Crippen molar-refractivity contribution in [2.75, 3.05) is 11.9 Å². The molecule has 4 nitrogen and oxygen atoms in total. The van der Waals surface area contributed by atoms with Gasteiger partial charge in [-0.15, -0.1) is 0 Å². The van der Waals surface area contributed by atoms with Gasteiger partial charge in [-0.3, -0.25) is 4.79 Å². The minimum atomic E-state index is -0.481. The molecule has 0 aliphatic heterocycles. The van der Waals surface area contributed by atoms with Crippen molar-refractivity contribution in [1.82, 2.24) is 0 Å². The number of rotatable bonds is 6. The molecule has 1 aromatic rings. The van der Waals surface area contributed by atoms with Crippen LogP contribution in [-0.2, 0) is 9.53 Å². The maximum Gasteiger partial charge on any atom is 0.224 e. The molecule has 0 bridgehead atoms. The third-order valence-corrected chi connectivity index (χ3v) is 3.75. The number of carbonyl (C=O) groups excluding carboxylic acids is 1. The summed E-state index contributed by atoms with van der Waals surface area (Å²) in [4.78, 5) is 11.9. The standard InChI is InChI=1S/C16H23NO3/c1-3-20-15-8-12(9-15)10-16(19)17-14-6-4-13(5-7-14)11(2)18/h4-7,11-12,15,18H,3,8-10H2,1-2H3,(H,17,19). The van der Waals surface area contributed by atoms with E-state index in [9.17, 15) is 9.90 Å². The molecule has 1 aliphatic carbocycles. The van der Waals surface area contributed by atoms with Crippen molar-refractivity contribution in [2.24, 2.45) is 5.92 Å². The number of nitrogens with one attached hydrogen (secondary N) is 1. The first-order valence-corrected chi connectivity index (χ1v) is 7.28. The number of benzene rings is 1. The number of hydrogen-bond donors (Lipinski definition) is 2. The summed E-state index contributed by atoms with van der Waals surface area (Å²) in [6.07, 6.45) is 2.40. The Balaban J connectivity index is 1.75. The average molecular weight is 277 g/mol. The molecule has 1 amide bonds. The van der Waals surface area contributed by atoms with Crippen LogP contribution in [-0.4, -0.2) is 23.7 Å². The van der Waals surface area contributed by atoms with Crippen molar-refractivity contribution in [3.05, 3.63) is 29.8 Å². The molecule has 4 heteroatoms. The second-order valence-corrected chi connectivity index (χ2v) is 5.47. The Morgan fingerprint density at radius 3 is 2.60 bits per heavy atom. The highest BCUT2D eigenvalue weighted by atomic mass is 16.5. The molecular weight excluding hydrogens is 254 g/mol. The van der Waals surface area contributed by atoms with Gasteiger partial charge in [0.15, 0.2) is 0 Å². The second-order valence-electron chi connectivity index (χ2n) is 5.47. The zero-order chi connectivity index (χ0) is 14.5. The summed E-state index contributed by atoms with van der Waals surface area (Å²) in [5, 5.41) is 12.3. The summed E-state index contributed by atoms with van der Waals surface area (Å²) >= 11 is 0. The Bertz CT molecular complexity index is 436. The number of anilines is 1. The number of carbonyl (C=O) groups is 1. The van der Waals surface area contributed by atoms with Gasteiger partial charge in [0.1, 0.15) is 0 Å².